The Hall–Kier alpha value is 0.470. The molecule has 2 unspecified atom stereocenters. The van der Waals surface area contributed by atoms with Gasteiger partial charge in [0.1, 0.15) is 0 Å². The van der Waals surface area contributed by atoms with Crippen LogP contribution in [0, 0.1) is 5.92 Å². The molecule has 2 aliphatic rings. The molecule has 0 aromatic rings. The summed E-state index contributed by atoms with van der Waals surface area (Å²) in [6.45, 7) is 3.57. The Morgan fingerprint density at radius 3 is 3.00 bits per heavy atom. The molecule has 2 atom stereocenters. The van der Waals surface area contributed by atoms with Crippen LogP contribution in [0.5, 0.6) is 0 Å². The third kappa shape index (κ3) is 4.25. The van der Waals surface area contributed by atoms with Gasteiger partial charge in [0.2, 0.25) is 0 Å². The second-order valence-electron chi connectivity index (χ2n) is 4.31. The molecule has 100 valence electrons. The molecule has 6 heteroatoms. The Bertz CT molecular complexity index is 249. The Kier molecular flexibility index (Phi) is 7.13. The lowest BCUT2D eigenvalue weighted by molar-refractivity contribution is -0.145. The summed E-state index contributed by atoms with van der Waals surface area (Å²) >= 11 is 1.85. The van der Waals surface area contributed by atoms with Crippen LogP contribution in [0.3, 0.4) is 0 Å². The van der Waals surface area contributed by atoms with Crippen molar-refractivity contribution in [2.75, 3.05) is 44.9 Å². The number of hydrogen-bond donors (Lipinski definition) is 0. The van der Waals surface area contributed by atoms with E-state index in [1.165, 1.54) is 7.11 Å². The zero-order valence-electron chi connectivity index (χ0n) is 10.1. The van der Waals surface area contributed by atoms with Gasteiger partial charge < -0.3 is 9.47 Å². The average Bonchev–Trinajstić information content (AvgIpc) is 2.73. The SMILES string of the molecule is COC(=O)C1CSCCN(C2CCOC2)C1.I. The van der Waals surface area contributed by atoms with Gasteiger partial charge in [-0.05, 0) is 6.42 Å². The molecule has 0 radical (unpaired) electrons. The predicted octanol–water partition coefficient (Wildman–Crippen LogP) is 1.23. The first-order valence-corrected chi connectivity index (χ1v) is 6.94. The summed E-state index contributed by atoms with van der Waals surface area (Å²) < 4.78 is 10.3. The number of carbonyl (C=O) groups excluding carboxylic acids is 1. The third-order valence-electron chi connectivity index (χ3n) is 3.25. The van der Waals surface area contributed by atoms with Crippen molar-refractivity contribution in [1.82, 2.24) is 4.90 Å². The maximum Gasteiger partial charge on any atom is 0.310 e. The first-order valence-electron chi connectivity index (χ1n) is 5.78. The van der Waals surface area contributed by atoms with Gasteiger partial charge in [-0.3, -0.25) is 9.69 Å². The summed E-state index contributed by atoms with van der Waals surface area (Å²) in [4.78, 5) is 14.0. The van der Waals surface area contributed by atoms with E-state index in [0.29, 0.717) is 6.04 Å². The molecule has 2 heterocycles. The molecule has 4 nitrogen and oxygen atoms in total. The van der Waals surface area contributed by atoms with Crippen molar-refractivity contribution >= 4 is 41.7 Å². The minimum absolute atomic E-state index is 0. The fourth-order valence-electron chi connectivity index (χ4n) is 2.29. The van der Waals surface area contributed by atoms with Gasteiger partial charge in [0, 0.05) is 37.2 Å². The van der Waals surface area contributed by atoms with E-state index < -0.39 is 0 Å². The zero-order chi connectivity index (χ0) is 11.4. The van der Waals surface area contributed by atoms with Crippen LogP contribution in [0.2, 0.25) is 0 Å². The summed E-state index contributed by atoms with van der Waals surface area (Å²) in [5.74, 6) is 1.94. The molecular formula is C11H20INO3S. The first kappa shape index (κ1) is 15.5. The predicted molar refractivity (Wildman–Crippen MR) is 79.0 cm³/mol. The molecule has 0 N–H and O–H groups in total. The Morgan fingerprint density at radius 2 is 2.35 bits per heavy atom. The lowest BCUT2D eigenvalue weighted by atomic mass is 10.1. The molecule has 0 aromatic heterocycles. The second-order valence-corrected chi connectivity index (χ2v) is 5.46. The van der Waals surface area contributed by atoms with Gasteiger partial charge in [0.05, 0.1) is 19.6 Å². The lowest BCUT2D eigenvalue weighted by Gasteiger charge is -2.27. The van der Waals surface area contributed by atoms with Crippen molar-refractivity contribution in [3.05, 3.63) is 0 Å². The van der Waals surface area contributed by atoms with Crippen molar-refractivity contribution in [3.8, 4) is 0 Å². The largest absolute Gasteiger partial charge is 0.469 e. The minimum Gasteiger partial charge on any atom is -0.469 e. The Morgan fingerprint density at radius 1 is 1.53 bits per heavy atom. The summed E-state index contributed by atoms with van der Waals surface area (Å²) in [5, 5.41) is 0. The van der Waals surface area contributed by atoms with E-state index in [2.05, 4.69) is 4.90 Å². The van der Waals surface area contributed by atoms with Crippen molar-refractivity contribution in [1.29, 1.82) is 0 Å². The fourth-order valence-corrected chi connectivity index (χ4v) is 3.34. The molecule has 0 aromatic carbocycles. The zero-order valence-corrected chi connectivity index (χ0v) is 13.2. The molecule has 2 aliphatic heterocycles. The number of carbonyl (C=O) groups is 1. The maximum absolute atomic E-state index is 11.6. The average molecular weight is 373 g/mol. The Labute approximate surface area is 124 Å². The minimum atomic E-state index is -0.0710. The van der Waals surface area contributed by atoms with Gasteiger partial charge in [-0.25, -0.2) is 0 Å². The summed E-state index contributed by atoms with van der Waals surface area (Å²) in [5.41, 5.74) is 0. The van der Waals surface area contributed by atoms with E-state index in [1.807, 2.05) is 11.8 Å². The highest BCUT2D eigenvalue weighted by atomic mass is 127. The number of thioether (sulfide) groups is 1. The van der Waals surface area contributed by atoms with Crippen LogP contribution in [-0.4, -0.2) is 61.8 Å². The van der Waals surface area contributed by atoms with Crippen LogP contribution < -0.4 is 0 Å². The van der Waals surface area contributed by atoms with E-state index in [0.717, 1.165) is 44.2 Å². The summed E-state index contributed by atoms with van der Waals surface area (Å²) in [6, 6.07) is 0.505. The third-order valence-corrected chi connectivity index (χ3v) is 4.36. The van der Waals surface area contributed by atoms with Gasteiger partial charge in [-0.1, -0.05) is 0 Å². The van der Waals surface area contributed by atoms with E-state index in [1.54, 1.807) is 0 Å². The topological polar surface area (TPSA) is 38.8 Å². The molecule has 0 aliphatic carbocycles. The van der Waals surface area contributed by atoms with E-state index in [4.69, 9.17) is 9.47 Å². The van der Waals surface area contributed by atoms with Crippen molar-refractivity contribution < 1.29 is 14.3 Å². The van der Waals surface area contributed by atoms with Crippen LogP contribution >= 0.6 is 35.7 Å². The monoisotopic (exact) mass is 373 g/mol. The van der Waals surface area contributed by atoms with E-state index >= 15 is 0 Å². The second kappa shape index (κ2) is 7.81. The van der Waals surface area contributed by atoms with Crippen LogP contribution in [0.1, 0.15) is 6.42 Å². The highest BCUT2D eigenvalue weighted by Gasteiger charge is 2.30. The van der Waals surface area contributed by atoms with Crippen molar-refractivity contribution in [2.45, 2.75) is 12.5 Å². The van der Waals surface area contributed by atoms with Crippen LogP contribution in [0.4, 0.5) is 0 Å². The van der Waals surface area contributed by atoms with Gasteiger partial charge in [-0.15, -0.1) is 24.0 Å². The number of esters is 1. The first-order chi connectivity index (χ1) is 7.81. The smallest absolute Gasteiger partial charge is 0.310 e. The summed E-state index contributed by atoms with van der Waals surface area (Å²) in [7, 11) is 1.47. The van der Waals surface area contributed by atoms with Crippen LogP contribution in [0.25, 0.3) is 0 Å². The molecular weight excluding hydrogens is 353 g/mol. The number of rotatable bonds is 2. The number of methoxy groups -OCH3 is 1. The maximum atomic E-state index is 11.6. The van der Waals surface area contributed by atoms with Crippen molar-refractivity contribution in [3.63, 3.8) is 0 Å². The normalized spacial score (nSPS) is 30.4. The molecule has 2 rings (SSSR count). The van der Waals surface area contributed by atoms with Gasteiger partial charge in [0.15, 0.2) is 0 Å². The lowest BCUT2D eigenvalue weighted by Crippen LogP contribution is -2.41. The molecule has 0 spiro atoms. The van der Waals surface area contributed by atoms with E-state index in [-0.39, 0.29) is 35.9 Å². The molecule has 17 heavy (non-hydrogen) atoms. The highest BCUT2D eigenvalue weighted by molar-refractivity contribution is 14.0. The van der Waals surface area contributed by atoms with Gasteiger partial charge in [0.25, 0.3) is 0 Å². The number of nitrogens with zero attached hydrogens (tertiary/aromatic N) is 1. The highest BCUT2D eigenvalue weighted by Crippen LogP contribution is 2.21. The standard InChI is InChI=1S/C11H19NO3S.HI/c1-14-11(13)9-6-12(3-5-16-8-9)10-2-4-15-7-10;/h9-10H,2-8H2,1H3;1H. The molecule has 0 bridgehead atoms. The molecule has 0 saturated carbocycles. The van der Waals surface area contributed by atoms with Crippen LogP contribution in [-0.2, 0) is 14.3 Å². The van der Waals surface area contributed by atoms with Crippen molar-refractivity contribution in [2.24, 2.45) is 5.92 Å². The van der Waals surface area contributed by atoms with Gasteiger partial charge in [-0.2, -0.15) is 11.8 Å². The number of halogens is 1. The molecule has 0 amide bonds. The molecule has 2 saturated heterocycles. The number of hydrogen-bond acceptors (Lipinski definition) is 5. The fraction of sp³-hybridized carbons (Fsp3) is 0.909. The Balaban J connectivity index is 0.00000144. The van der Waals surface area contributed by atoms with Crippen LogP contribution in [0.15, 0.2) is 0 Å². The number of ether oxygens (including phenoxy) is 2. The quantitative estimate of drug-likeness (QED) is 0.538. The van der Waals surface area contributed by atoms with E-state index in [9.17, 15) is 4.79 Å². The van der Waals surface area contributed by atoms with Gasteiger partial charge >= 0.3 is 5.97 Å². The molecule has 2 fully saturated rings. The summed E-state index contributed by atoms with van der Waals surface area (Å²) in [6.07, 6.45) is 1.10.